The van der Waals surface area contributed by atoms with Crippen molar-refractivity contribution in [1.82, 2.24) is 0 Å². The monoisotopic (exact) mass is 429 g/mol. The smallest absolute Gasteiger partial charge is 0.744 e. The van der Waals surface area contributed by atoms with E-state index in [1.165, 1.54) is 18.2 Å². The topological polar surface area (TPSA) is 158 Å². The largest absolute Gasteiger partial charge is 1.00 e. The summed E-state index contributed by atoms with van der Waals surface area (Å²) in [6.07, 6.45) is 2.21. The SMILES string of the molecule is O=[N+]([O-])c1ccc(C=Cc2ccccc2S(=O)(=O)[O-])c(S(=O)(=O)[O-])c1.[Na+].[Na+]. The summed E-state index contributed by atoms with van der Waals surface area (Å²) in [5, 5.41) is 10.7. The third kappa shape index (κ3) is 7.06. The maximum absolute atomic E-state index is 11.3. The Balaban J connectivity index is 0.00000338. The summed E-state index contributed by atoms with van der Waals surface area (Å²) in [7, 11) is -9.78. The molecule has 0 saturated heterocycles. The fourth-order valence-electron chi connectivity index (χ4n) is 2.02. The second-order valence-corrected chi connectivity index (χ2v) is 7.45. The van der Waals surface area contributed by atoms with Crippen LogP contribution in [0.3, 0.4) is 0 Å². The van der Waals surface area contributed by atoms with Crippen LogP contribution in [-0.4, -0.2) is 30.9 Å². The fourth-order valence-corrected chi connectivity index (χ4v) is 3.38. The van der Waals surface area contributed by atoms with Gasteiger partial charge < -0.3 is 9.11 Å². The molecule has 0 N–H and O–H groups in total. The van der Waals surface area contributed by atoms with Crippen molar-refractivity contribution in [3.8, 4) is 0 Å². The van der Waals surface area contributed by atoms with Gasteiger partial charge in [0.1, 0.15) is 20.2 Å². The molecule has 0 bridgehead atoms. The van der Waals surface area contributed by atoms with Crippen LogP contribution < -0.4 is 59.1 Å². The summed E-state index contributed by atoms with van der Waals surface area (Å²) in [5.74, 6) is 0. The van der Waals surface area contributed by atoms with Crippen molar-refractivity contribution in [2.45, 2.75) is 9.79 Å². The van der Waals surface area contributed by atoms with Gasteiger partial charge in [0.25, 0.3) is 5.69 Å². The first-order valence-electron chi connectivity index (χ1n) is 6.47. The molecule has 0 aromatic heterocycles. The van der Waals surface area contributed by atoms with E-state index in [4.69, 9.17) is 0 Å². The number of nitro groups is 1. The average Bonchev–Trinajstić information content (AvgIpc) is 2.51. The number of nitro benzene ring substituents is 1. The molecule has 0 saturated carbocycles. The van der Waals surface area contributed by atoms with E-state index in [0.717, 1.165) is 30.4 Å². The van der Waals surface area contributed by atoms with E-state index in [2.05, 4.69) is 0 Å². The van der Waals surface area contributed by atoms with Crippen molar-refractivity contribution >= 4 is 38.1 Å². The summed E-state index contributed by atoms with van der Waals surface area (Å²) >= 11 is 0. The molecule has 2 aromatic rings. The zero-order chi connectivity index (χ0) is 18.8. The molecule has 9 nitrogen and oxygen atoms in total. The second kappa shape index (κ2) is 10.3. The van der Waals surface area contributed by atoms with Gasteiger partial charge in [0.2, 0.25) is 0 Å². The molecule has 2 aromatic carbocycles. The van der Waals surface area contributed by atoms with Gasteiger partial charge in [-0.25, -0.2) is 16.8 Å². The van der Waals surface area contributed by atoms with Gasteiger partial charge in [-0.3, -0.25) is 10.1 Å². The van der Waals surface area contributed by atoms with Crippen LogP contribution in [0.4, 0.5) is 5.69 Å². The zero-order valence-electron chi connectivity index (χ0n) is 14.2. The average molecular weight is 429 g/mol. The Bertz CT molecular complexity index is 1080. The van der Waals surface area contributed by atoms with E-state index in [1.54, 1.807) is 0 Å². The Hall–Kier alpha value is -0.600. The molecule has 0 spiro atoms. The van der Waals surface area contributed by atoms with Crippen molar-refractivity contribution in [3.05, 3.63) is 63.7 Å². The molecule has 0 aliphatic heterocycles. The normalized spacial score (nSPS) is 11.5. The van der Waals surface area contributed by atoms with Gasteiger partial charge in [0, 0.05) is 12.1 Å². The molecule has 0 heterocycles. The minimum absolute atomic E-state index is 0. The maximum Gasteiger partial charge on any atom is 1.00 e. The molecule has 13 heteroatoms. The molecular weight excluding hydrogens is 420 g/mol. The quantitative estimate of drug-likeness (QED) is 0.151. The molecule has 2 rings (SSSR count). The Kier molecular flexibility index (Phi) is 10.0. The van der Waals surface area contributed by atoms with Gasteiger partial charge in [-0.1, -0.05) is 30.4 Å². The zero-order valence-corrected chi connectivity index (χ0v) is 19.9. The molecule has 0 aliphatic carbocycles. The summed E-state index contributed by atoms with van der Waals surface area (Å²) in [6.45, 7) is 0. The summed E-state index contributed by atoms with van der Waals surface area (Å²) in [5.41, 5.74) is -0.794. The van der Waals surface area contributed by atoms with Crippen LogP contribution in [0.25, 0.3) is 12.2 Å². The van der Waals surface area contributed by atoms with Crippen molar-refractivity contribution < 1.29 is 90.0 Å². The van der Waals surface area contributed by atoms with Crippen molar-refractivity contribution in [2.24, 2.45) is 0 Å². The van der Waals surface area contributed by atoms with Crippen molar-refractivity contribution in [1.29, 1.82) is 0 Å². The number of hydrogen-bond donors (Lipinski definition) is 0. The standard InChI is InChI=1S/C14H11NO8S2.2Na/c16-15(17)12-8-7-11(14(9-12)25(21,22)23)6-5-10-3-1-2-4-13(10)24(18,19)20;;/h1-9H,(H,18,19,20)(H,21,22,23);;/q;2*+1/p-2. The first kappa shape index (κ1) is 26.4. The fraction of sp³-hybridized carbons (Fsp3) is 0. The number of hydrogen-bond acceptors (Lipinski definition) is 8. The Morgan fingerprint density at radius 3 is 1.74 bits per heavy atom. The van der Waals surface area contributed by atoms with Crippen LogP contribution in [0.15, 0.2) is 52.3 Å². The molecule has 0 aliphatic rings. The van der Waals surface area contributed by atoms with Crippen LogP contribution in [0.1, 0.15) is 11.1 Å². The van der Waals surface area contributed by atoms with E-state index in [1.807, 2.05) is 0 Å². The van der Waals surface area contributed by atoms with Crippen molar-refractivity contribution in [3.63, 3.8) is 0 Å². The molecular formula is C14H9NNa2O8S2. The summed E-state index contributed by atoms with van der Waals surface area (Å²) < 4.78 is 67.5. The second-order valence-electron chi connectivity index (χ2n) is 4.76. The van der Waals surface area contributed by atoms with Crippen LogP contribution in [0.5, 0.6) is 0 Å². The van der Waals surface area contributed by atoms with E-state index >= 15 is 0 Å². The minimum atomic E-state index is -5.02. The van der Waals surface area contributed by atoms with Gasteiger partial charge in [-0.15, -0.1) is 0 Å². The third-order valence-corrected chi connectivity index (χ3v) is 4.91. The number of rotatable bonds is 5. The van der Waals surface area contributed by atoms with Gasteiger partial charge in [-0.2, -0.15) is 0 Å². The summed E-state index contributed by atoms with van der Waals surface area (Å²) in [6, 6.07) is 7.80. The summed E-state index contributed by atoms with van der Waals surface area (Å²) in [4.78, 5) is 8.49. The molecule has 0 fully saturated rings. The van der Waals surface area contributed by atoms with Gasteiger partial charge >= 0.3 is 59.1 Å². The Morgan fingerprint density at radius 1 is 0.778 bits per heavy atom. The maximum atomic E-state index is 11.3. The number of nitrogens with zero attached hydrogens (tertiary/aromatic N) is 1. The van der Waals surface area contributed by atoms with Crippen LogP contribution in [0, 0.1) is 10.1 Å². The number of non-ortho nitro benzene ring substituents is 1. The van der Waals surface area contributed by atoms with E-state index in [9.17, 15) is 36.1 Å². The molecule has 0 unspecified atom stereocenters. The van der Waals surface area contributed by atoms with Gasteiger partial charge in [-0.05, 0) is 23.3 Å². The first-order valence-corrected chi connectivity index (χ1v) is 9.29. The van der Waals surface area contributed by atoms with E-state index in [-0.39, 0.29) is 70.2 Å². The third-order valence-electron chi connectivity index (χ3n) is 3.11. The molecule has 27 heavy (non-hydrogen) atoms. The van der Waals surface area contributed by atoms with Crippen LogP contribution >= 0.6 is 0 Å². The van der Waals surface area contributed by atoms with Gasteiger partial charge in [0.15, 0.2) is 0 Å². The van der Waals surface area contributed by atoms with Crippen molar-refractivity contribution in [2.75, 3.05) is 0 Å². The Morgan fingerprint density at radius 2 is 1.26 bits per heavy atom. The Labute approximate surface area is 199 Å². The molecule has 0 atom stereocenters. The molecule has 0 radical (unpaired) electrons. The van der Waals surface area contributed by atoms with Crippen LogP contribution in [0.2, 0.25) is 0 Å². The predicted molar refractivity (Wildman–Crippen MR) is 84.4 cm³/mol. The first-order chi connectivity index (χ1) is 11.5. The van der Waals surface area contributed by atoms with E-state index in [0.29, 0.717) is 6.07 Å². The van der Waals surface area contributed by atoms with Gasteiger partial charge in [0.05, 0.1) is 14.7 Å². The molecule has 132 valence electrons. The minimum Gasteiger partial charge on any atom is -0.744 e. The number of benzene rings is 2. The molecule has 0 amide bonds. The van der Waals surface area contributed by atoms with Crippen LogP contribution in [-0.2, 0) is 20.2 Å². The van der Waals surface area contributed by atoms with E-state index < -0.39 is 40.6 Å². The predicted octanol–water partition coefficient (Wildman–Crippen LogP) is -4.42.